The van der Waals surface area contributed by atoms with Crippen molar-refractivity contribution in [3.63, 3.8) is 0 Å². The molecular formula is C21H35N3O5. The summed E-state index contributed by atoms with van der Waals surface area (Å²) in [5, 5.41) is 14.3. The molecule has 2 amide bonds. The maximum absolute atomic E-state index is 13.0. The van der Waals surface area contributed by atoms with E-state index in [0.29, 0.717) is 12.8 Å². The van der Waals surface area contributed by atoms with Crippen molar-refractivity contribution in [3.8, 4) is 0 Å². The summed E-state index contributed by atoms with van der Waals surface area (Å²) < 4.78 is 12.6. The fourth-order valence-electron chi connectivity index (χ4n) is 2.95. The van der Waals surface area contributed by atoms with Crippen molar-refractivity contribution in [1.82, 2.24) is 9.78 Å². The van der Waals surface area contributed by atoms with Crippen LogP contribution in [0.1, 0.15) is 86.8 Å². The maximum Gasteiger partial charge on any atom is 0.425 e. The standard InChI is InChI=1S/C21H35N3O5/c1-19(2,3)24-16(12-15(22-24)13-10-14(25)11-13)23(17(26)28-20(4,5)6)18(27)29-21(7,8)9/h12-14,25H,10-11H2,1-9H3. The van der Waals surface area contributed by atoms with E-state index in [0.717, 1.165) is 10.6 Å². The van der Waals surface area contributed by atoms with Crippen molar-refractivity contribution in [3.05, 3.63) is 11.8 Å². The van der Waals surface area contributed by atoms with Crippen molar-refractivity contribution in [1.29, 1.82) is 0 Å². The van der Waals surface area contributed by atoms with E-state index in [4.69, 9.17) is 9.47 Å². The van der Waals surface area contributed by atoms with Gasteiger partial charge in [0.05, 0.1) is 17.3 Å². The van der Waals surface area contributed by atoms with Crippen LogP contribution in [0.2, 0.25) is 0 Å². The summed E-state index contributed by atoms with van der Waals surface area (Å²) in [7, 11) is 0. The SMILES string of the molecule is CC(C)(C)OC(=O)N(C(=O)OC(C)(C)C)c1cc(C2CC(O)C2)nn1C(C)(C)C. The molecule has 1 aliphatic rings. The molecule has 0 saturated heterocycles. The number of amides is 2. The molecule has 1 fully saturated rings. The first-order valence-corrected chi connectivity index (χ1v) is 10.0. The highest BCUT2D eigenvalue weighted by molar-refractivity contribution is 6.09. The number of anilines is 1. The van der Waals surface area contributed by atoms with E-state index < -0.39 is 28.9 Å². The summed E-state index contributed by atoms with van der Waals surface area (Å²) in [6.07, 6.45) is -0.760. The molecule has 1 aromatic heterocycles. The summed E-state index contributed by atoms with van der Waals surface area (Å²) in [5.41, 5.74) is -1.34. The first-order valence-electron chi connectivity index (χ1n) is 10.0. The highest BCUT2D eigenvalue weighted by Gasteiger charge is 2.39. The normalized spacial score (nSPS) is 20.1. The molecule has 0 atom stereocenters. The molecule has 29 heavy (non-hydrogen) atoms. The largest absolute Gasteiger partial charge is 0.443 e. The van der Waals surface area contributed by atoms with E-state index >= 15 is 0 Å². The van der Waals surface area contributed by atoms with E-state index in [1.54, 1.807) is 52.3 Å². The Hall–Kier alpha value is -2.09. The minimum Gasteiger partial charge on any atom is -0.443 e. The van der Waals surface area contributed by atoms with Gasteiger partial charge in [-0.05, 0) is 75.2 Å². The number of aliphatic hydroxyl groups is 1. The van der Waals surface area contributed by atoms with E-state index in [-0.39, 0.29) is 17.8 Å². The molecule has 1 aliphatic carbocycles. The zero-order chi connectivity index (χ0) is 22.4. The average Bonchev–Trinajstić information content (AvgIpc) is 2.84. The second-order valence-electron chi connectivity index (χ2n) is 10.6. The van der Waals surface area contributed by atoms with Gasteiger partial charge in [0.1, 0.15) is 17.0 Å². The molecule has 0 radical (unpaired) electrons. The quantitative estimate of drug-likeness (QED) is 0.770. The van der Waals surface area contributed by atoms with E-state index in [1.807, 2.05) is 20.8 Å². The molecule has 8 nitrogen and oxygen atoms in total. The topological polar surface area (TPSA) is 93.9 Å². The number of rotatable bonds is 2. The van der Waals surface area contributed by atoms with Crippen molar-refractivity contribution >= 4 is 18.0 Å². The first-order chi connectivity index (χ1) is 13.0. The molecule has 0 unspecified atom stereocenters. The van der Waals surface area contributed by atoms with Crippen LogP contribution in [0.25, 0.3) is 0 Å². The van der Waals surface area contributed by atoms with Gasteiger partial charge in [0, 0.05) is 12.0 Å². The lowest BCUT2D eigenvalue weighted by Gasteiger charge is -2.31. The molecule has 0 aromatic carbocycles. The zero-order valence-corrected chi connectivity index (χ0v) is 19.1. The number of hydrogen-bond donors (Lipinski definition) is 1. The molecular weight excluding hydrogens is 374 g/mol. The number of aliphatic hydroxyl groups excluding tert-OH is 1. The van der Waals surface area contributed by atoms with Crippen LogP contribution < -0.4 is 4.90 Å². The van der Waals surface area contributed by atoms with Crippen LogP contribution in [0.4, 0.5) is 15.4 Å². The van der Waals surface area contributed by atoms with Crippen LogP contribution in [0.3, 0.4) is 0 Å². The Morgan fingerprint density at radius 2 is 1.45 bits per heavy atom. The summed E-state index contributed by atoms with van der Waals surface area (Å²) in [6, 6.07) is 1.72. The minimum absolute atomic E-state index is 0.0893. The molecule has 164 valence electrons. The number of nitrogens with zero attached hydrogens (tertiary/aromatic N) is 3. The summed E-state index contributed by atoms with van der Waals surface area (Å²) in [5.74, 6) is 0.379. The number of carbonyl (C=O) groups is 2. The lowest BCUT2D eigenvalue weighted by atomic mass is 9.80. The predicted molar refractivity (Wildman–Crippen MR) is 110 cm³/mol. The fraction of sp³-hybridized carbons (Fsp3) is 0.762. The van der Waals surface area contributed by atoms with E-state index in [1.165, 1.54) is 0 Å². The van der Waals surface area contributed by atoms with E-state index in [2.05, 4.69) is 5.10 Å². The van der Waals surface area contributed by atoms with Crippen molar-refractivity contribution < 1.29 is 24.2 Å². The third kappa shape index (κ3) is 5.95. The third-order valence-corrected chi connectivity index (χ3v) is 4.26. The van der Waals surface area contributed by atoms with Crippen LogP contribution in [0.5, 0.6) is 0 Å². The van der Waals surface area contributed by atoms with Gasteiger partial charge >= 0.3 is 12.2 Å². The van der Waals surface area contributed by atoms with Gasteiger partial charge in [-0.1, -0.05) is 0 Å². The second kappa shape index (κ2) is 7.63. The molecule has 1 N–H and O–H groups in total. The lowest BCUT2D eigenvalue weighted by Crippen LogP contribution is -2.45. The Kier molecular flexibility index (Phi) is 6.10. The van der Waals surface area contributed by atoms with E-state index in [9.17, 15) is 14.7 Å². The van der Waals surface area contributed by atoms with Crippen LogP contribution in [-0.4, -0.2) is 44.4 Å². The van der Waals surface area contributed by atoms with Crippen LogP contribution in [0.15, 0.2) is 6.07 Å². The Bertz CT molecular complexity index is 731. The predicted octanol–water partition coefficient (Wildman–Crippen LogP) is 4.55. The van der Waals surface area contributed by atoms with Crippen molar-refractivity contribution in [2.24, 2.45) is 0 Å². The summed E-state index contributed by atoms with van der Waals surface area (Å²) in [4.78, 5) is 26.9. The molecule has 8 heteroatoms. The number of hydrogen-bond acceptors (Lipinski definition) is 6. The van der Waals surface area contributed by atoms with Gasteiger partial charge < -0.3 is 14.6 Å². The molecule has 0 aliphatic heterocycles. The Morgan fingerprint density at radius 1 is 1.00 bits per heavy atom. The average molecular weight is 410 g/mol. The van der Waals surface area contributed by atoms with Gasteiger partial charge in [-0.25, -0.2) is 14.3 Å². The number of ether oxygens (including phenoxy) is 2. The highest BCUT2D eigenvalue weighted by atomic mass is 16.6. The van der Waals surface area contributed by atoms with Gasteiger partial charge in [0.2, 0.25) is 0 Å². The lowest BCUT2D eigenvalue weighted by molar-refractivity contribution is 0.0425. The van der Waals surface area contributed by atoms with Gasteiger partial charge in [-0.2, -0.15) is 10.00 Å². The number of imide groups is 1. The van der Waals surface area contributed by atoms with Crippen LogP contribution >= 0.6 is 0 Å². The van der Waals surface area contributed by atoms with Gasteiger partial charge in [-0.3, -0.25) is 0 Å². The van der Waals surface area contributed by atoms with Crippen LogP contribution in [0, 0.1) is 0 Å². The third-order valence-electron chi connectivity index (χ3n) is 4.26. The number of aromatic nitrogens is 2. The van der Waals surface area contributed by atoms with Crippen LogP contribution in [-0.2, 0) is 15.0 Å². The zero-order valence-electron chi connectivity index (χ0n) is 19.1. The molecule has 0 bridgehead atoms. The second-order valence-corrected chi connectivity index (χ2v) is 10.6. The minimum atomic E-state index is -0.822. The molecule has 1 saturated carbocycles. The van der Waals surface area contributed by atoms with Crippen molar-refractivity contribution in [2.45, 2.75) is 104 Å². The van der Waals surface area contributed by atoms with Crippen molar-refractivity contribution in [2.75, 3.05) is 4.90 Å². The summed E-state index contributed by atoms with van der Waals surface area (Å²) in [6.45, 7) is 16.2. The van der Waals surface area contributed by atoms with Gasteiger partial charge in [0.25, 0.3) is 0 Å². The smallest absolute Gasteiger partial charge is 0.425 e. The Labute approximate surface area is 173 Å². The molecule has 1 heterocycles. The molecule has 2 rings (SSSR count). The highest BCUT2D eigenvalue weighted by Crippen LogP contribution is 2.39. The molecule has 1 aromatic rings. The first kappa shape index (κ1) is 23.2. The monoisotopic (exact) mass is 409 g/mol. The Balaban J connectivity index is 2.53. The number of carbonyl (C=O) groups excluding carboxylic acids is 2. The van der Waals surface area contributed by atoms with Gasteiger partial charge in [-0.15, -0.1) is 0 Å². The fourth-order valence-corrected chi connectivity index (χ4v) is 2.95. The van der Waals surface area contributed by atoms with Gasteiger partial charge in [0.15, 0.2) is 0 Å². The molecule has 0 spiro atoms. The maximum atomic E-state index is 13.0. The Morgan fingerprint density at radius 3 is 1.79 bits per heavy atom. The summed E-state index contributed by atoms with van der Waals surface area (Å²) >= 11 is 0.